The predicted octanol–water partition coefficient (Wildman–Crippen LogP) is 2.90. The number of halogens is 2. The standard InChI is InChI=1S/C15H13ClFNO4S/c1-23(20,21)12-5-2-10(3-6-12)18-15(19)9-22-11-4-7-14(17)13(16)8-11/h2-8H,9H2,1H3,(H,18,19). The van der Waals surface area contributed by atoms with E-state index in [1.807, 2.05) is 0 Å². The summed E-state index contributed by atoms with van der Waals surface area (Å²) in [6.45, 7) is -0.296. The zero-order valence-corrected chi connectivity index (χ0v) is 13.6. The van der Waals surface area contributed by atoms with Gasteiger partial charge in [0.25, 0.3) is 5.91 Å². The van der Waals surface area contributed by atoms with Gasteiger partial charge in [0.2, 0.25) is 0 Å². The van der Waals surface area contributed by atoms with Crippen LogP contribution in [0.15, 0.2) is 47.4 Å². The highest BCUT2D eigenvalue weighted by Crippen LogP contribution is 2.21. The van der Waals surface area contributed by atoms with Gasteiger partial charge >= 0.3 is 0 Å². The SMILES string of the molecule is CS(=O)(=O)c1ccc(NC(=O)COc2ccc(F)c(Cl)c2)cc1. The molecular weight excluding hydrogens is 345 g/mol. The fraction of sp³-hybridized carbons (Fsp3) is 0.133. The van der Waals surface area contributed by atoms with E-state index < -0.39 is 21.6 Å². The summed E-state index contributed by atoms with van der Waals surface area (Å²) in [5.74, 6) is -0.758. The predicted molar refractivity (Wildman–Crippen MR) is 85.1 cm³/mol. The molecule has 1 amide bonds. The first-order chi connectivity index (χ1) is 10.8. The zero-order chi connectivity index (χ0) is 17.0. The van der Waals surface area contributed by atoms with Crippen LogP contribution in [0.3, 0.4) is 0 Å². The lowest BCUT2D eigenvalue weighted by Gasteiger charge is -2.08. The third kappa shape index (κ3) is 4.94. The van der Waals surface area contributed by atoms with Gasteiger partial charge in [-0.3, -0.25) is 4.79 Å². The van der Waals surface area contributed by atoms with Crippen molar-refractivity contribution in [2.75, 3.05) is 18.2 Å². The van der Waals surface area contributed by atoms with Crippen molar-refractivity contribution >= 4 is 33.0 Å². The molecule has 0 atom stereocenters. The van der Waals surface area contributed by atoms with Crippen LogP contribution in [0.25, 0.3) is 0 Å². The maximum absolute atomic E-state index is 13.0. The Morgan fingerprint density at radius 2 is 1.87 bits per heavy atom. The zero-order valence-electron chi connectivity index (χ0n) is 12.0. The van der Waals surface area contributed by atoms with Crippen molar-refractivity contribution in [3.63, 3.8) is 0 Å². The average molecular weight is 358 g/mol. The number of carbonyl (C=O) groups is 1. The summed E-state index contributed by atoms with van der Waals surface area (Å²) < 4.78 is 40.9. The molecule has 8 heteroatoms. The van der Waals surface area contributed by atoms with Crippen molar-refractivity contribution in [3.05, 3.63) is 53.3 Å². The highest BCUT2D eigenvalue weighted by Gasteiger charge is 2.08. The van der Waals surface area contributed by atoms with Crippen LogP contribution in [0.1, 0.15) is 0 Å². The number of ether oxygens (including phenoxy) is 1. The maximum atomic E-state index is 13.0. The largest absolute Gasteiger partial charge is 0.484 e. The molecule has 2 aromatic carbocycles. The van der Waals surface area contributed by atoms with Gasteiger partial charge in [-0.2, -0.15) is 0 Å². The number of carbonyl (C=O) groups excluding carboxylic acids is 1. The number of benzene rings is 2. The molecule has 0 unspecified atom stereocenters. The molecule has 0 aliphatic rings. The molecule has 0 heterocycles. The second-order valence-electron chi connectivity index (χ2n) is 4.71. The van der Waals surface area contributed by atoms with Gasteiger partial charge in [-0.25, -0.2) is 12.8 Å². The lowest BCUT2D eigenvalue weighted by atomic mass is 10.3. The van der Waals surface area contributed by atoms with Crippen molar-refractivity contribution in [1.82, 2.24) is 0 Å². The minimum Gasteiger partial charge on any atom is -0.484 e. The molecule has 2 rings (SSSR count). The molecule has 1 N–H and O–H groups in total. The molecule has 2 aromatic rings. The second-order valence-corrected chi connectivity index (χ2v) is 7.13. The summed E-state index contributed by atoms with van der Waals surface area (Å²) in [4.78, 5) is 11.9. The van der Waals surface area contributed by atoms with Crippen LogP contribution in [0.5, 0.6) is 5.75 Å². The van der Waals surface area contributed by atoms with Gasteiger partial charge in [0.05, 0.1) is 9.92 Å². The van der Waals surface area contributed by atoms with Gasteiger partial charge in [0, 0.05) is 18.0 Å². The number of hydrogen-bond donors (Lipinski definition) is 1. The first-order valence-electron chi connectivity index (χ1n) is 6.43. The number of hydrogen-bond acceptors (Lipinski definition) is 4. The van der Waals surface area contributed by atoms with Gasteiger partial charge in [-0.05, 0) is 36.4 Å². The smallest absolute Gasteiger partial charge is 0.262 e. The Bertz CT molecular complexity index is 822. The number of amides is 1. The molecule has 0 bridgehead atoms. The summed E-state index contributed by atoms with van der Waals surface area (Å²) in [5.41, 5.74) is 0.433. The molecular formula is C15H13ClFNO4S. The van der Waals surface area contributed by atoms with E-state index in [1.54, 1.807) is 0 Å². The van der Waals surface area contributed by atoms with E-state index >= 15 is 0 Å². The van der Waals surface area contributed by atoms with Crippen LogP contribution in [0, 0.1) is 5.82 Å². The van der Waals surface area contributed by atoms with Crippen molar-refractivity contribution < 1.29 is 22.3 Å². The summed E-state index contributed by atoms with van der Waals surface area (Å²) in [7, 11) is -3.28. The van der Waals surface area contributed by atoms with Gasteiger partial charge < -0.3 is 10.1 Å². The summed E-state index contributed by atoms with van der Waals surface area (Å²) in [6, 6.07) is 9.50. The summed E-state index contributed by atoms with van der Waals surface area (Å²) in [5, 5.41) is 2.45. The molecule has 5 nitrogen and oxygen atoms in total. The van der Waals surface area contributed by atoms with E-state index in [2.05, 4.69) is 5.32 Å². The molecule has 0 fully saturated rings. The van der Waals surface area contributed by atoms with Gasteiger partial charge in [0.1, 0.15) is 11.6 Å². The van der Waals surface area contributed by atoms with Crippen LogP contribution in [0.4, 0.5) is 10.1 Å². The van der Waals surface area contributed by atoms with Crippen molar-refractivity contribution in [1.29, 1.82) is 0 Å². The summed E-state index contributed by atoms with van der Waals surface area (Å²) in [6.07, 6.45) is 1.10. The lowest BCUT2D eigenvalue weighted by Crippen LogP contribution is -2.20. The number of sulfone groups is 1. The van der Waals surface area contributed by atoms with Crippen molar-refractivity contribution in [2.45, 2.75) is 4.90 Å². The Morgan fingerprint density at radius 1 is 1.22 bits per heavy atom. The molecule has 122 valence electrons. The number of nitrogens with one attached hydrogen (secondary N) is 1. The Morgan fingerprint density at radius 3 is 2.43 bits per heavy atom. The fourth-order valence-corrected chi connectivity index (χ4v) is 2.50. The molecule has 0 saturated heterocycles. The number of rotatable bonds is 5. The van der Waals surface area contributed by atoms with Crippen LogP contribution in [-0.4, -0.2) is 27.2 Å². The van der Waals surface area contributed by atoms with Gasteiger partial charge in [-0.1, -0.05) is 11.6 Å². The van der Waals surface area contributed by atoms with Crippen molar-refractivity contribution in [2.24, 2.45) is 0 Å². The Labute approximate surface area is 138 Å². The first kappa shape index (κ1) is 17.2. The Hall–Kier alpha value is -2.12. The topological polar surface area (TPSA) is 72.5 Å². The molecule has 0 spiro atoms. The van der Waals surface area contributed by atoms with Crippen LogP contribution < -0.4 is 10.1 Å². The van der Waals surface area contributed by atoms with E-state index in [-0.39, 0.29) is 22.3 Å². The highest BCUT2D eigenvalue weighted by atomic mass is 35.5. The molecule has 0 aromatic heterocycles. The fourth-order valence-electron chi connectivity index (χ4n) is 1.70. The molecule has 0 aliphatic heterocycles. The molecule has 0 aliphatic carbocycles. The van der Waals surface area contributed by atoms with E-state index in [4.69, 9.17) is 16.3 Å². The Kier molecular flexibility index (Phi) is 5.23. The highest BCUT2D eigenvalue weighted by molar-refractivity contribution is 7.90. The normalized spacial score (nSPS) is 11.1. The third-order valence-electron chi connectivity index (χ3n) is 2.83. The maximum Gasteiger partial charge on any atom is 0.262 e. The lowest BCUT2D eigenvalue weighted by molar-refractivity contribution is -0.118. The summed E-state index contributed by atoms with van der Waals surface area (Å²) >= 11 is 5.61. The van der Waals surface area contributed by atoms with E-state index in [0.717, 1.165) is 12.3 Å². The minimum absolute atomic E-state index is 0.0979. The van der Waals surface area contributed by atoms with Crippen LogP contribution in [-0.2, 0) is 14.6 Å². The van der Waals surface area contributed by atoms with E-state index in [1.165, 1.54) is 36.4 Å². The minimum atomic E-state index is -3.28. The third-order valence-corrected chi connectivity index (χ3v) is 4.25. The van der Waals surface area contributed by atoms with Gasteiger partial charge in [-0.15, -0.1) is 0 Å². The number of anilines is 1. The van der Waals surface area contributed by atoms with Crippen molar-refractivity contribution in [3.8, 4) is 5.75 Å². The molecule has 0 saturated carbocycles. The second kappa shape index (κ2) is 6.97. The molecule has 23 heavy (non-hydrogen) atoms. The monoisotopic (exact) mass is 357 g/mol. The van der Waals surface area contributed by atoms with Crippen LogP contribution >= 0.6 is 11.6 Å². The van der Waals surface area contributed by atoms with Crippen LogP contribution in [0.2, 0.25) is 5.02 Å². The average Bonchev–Trinajstić information content (AvgIpc) is 2.48. The van der Waals surface area contributed by atoms with E-state index in [9.17, 15) is 17.6 Å². The Balaban J connectivity index is 1.93. The van der Waals surface area contributed by atoms with Gasteiger partial charge in [0.15, 0.2) is 16.4 Å². The first-order valence-corrected chi connectivity index (χ1v) is 8.70. The van der Waals surface area contributed by atoms with E-state index in [0.29, 0.717) is 5.69 Å². The molecule has 0 radical (unpaired) electrons. The quantitative estimate of drug-likeness (QED) is 0.893.